The molecule has 1 aromatic heterocycles. The molecule has 1 fully saturated rings. The molecule has 1 aliphatic heterocycles. The molecule has 2 heterocycles. The van der Waals surface area contributed by atoms with E-state index in [2.05, 4.69) is 120 Å². The van der Waals surface area contributed by atoms with E-state index in [4.69, 9.17) is 4.74 Å². The highest BCUT2D eigenvalue weighted by Gasteiger charge is 2.42. The van der Waals surface area contributed by atoms with Gasteiger partial charge in [0.05, 0.1) is 12.9 Å². The Balaban J connectivity index is 1.85. The van der Waals surface area contributed by atoms with Gasteiger partial charge >= 0.3 is 0 Å². The first kappa shape index (κ1) is 22.9. The van der Waals surface area contributed by atoms with E-state index >= 15 is 0 Å². The first-order valence-electron chi connectivity index (χ1n) is 12.0. The number of para-hydroxylation sites is 1. The van der Waals surface area contributed by atoms with Gasteiger partial charge in [-0.25, -0.2) is 4.74 Å². The summed E-state index contributed by atoms with van der Waals surface area (Å²) in [4.78, 5) is 0. The molecule has 0 saturated carbocycles. The van der Waals surface area contributed by atoms with Crippen LogP contribution in [-0.4, -0.2) is 27.5 Å². The minimum absolute atomic E-state index is 0.0151. The van der Waals surface area contributed by atoms with Crippen LogP contribution in [0.1, 0.15) is 40.5 Å². The van der Waals surface area contributed by atoms with Gasteiger partial charge in [-0.15, -0.1) is 0 Å². The fourth-order valence-corrected chi connectivity index (χ4v) is 10.2. The zero-order valence-electron chi connectivity index (χ0n) is 20.1. The lowest BCUT2D eigenvalue weighted by atomic mass is 10.1. The van der Waals surface area contributed by atoms with Gasteiger partial charge in [0.25, 0.3) is 0 Å². The van der Waals surface area contributed by atoms with E-state index < -0.39 is 7.21 Å². The second kappa shape index (κ2) is 8.73. The monoisotopic (exact) mass is 521 g/mol. The zero-order valence-corrected chi connectivity index (χ0v) is 22.5. The highest BCUT2D eigenvalue weighted by Crippen LogP contribution is 2.65. The number of aromatic nitrogens is 1. The molecule has 0 bridgehead atoms. The average molecular weight is 522 g/mol. The SMILES string of the molecule is CCn1c2ccccc2c2cc([P@](=Nc3ccc(Br)cc3)(N3CCCC3)C(C)(C)C)ccc21. The number of hydrogen-bond acceptors (Lipinski definition) is 1. The maximum atomic E-state index is 5.68. The quantitative estimate of drug-likeness (QED) is 0.246. The first-order valence-corrected chi connectivity index (χ1v) is 14.5. The Morgan fingerprint density at radius 2 is 1.55 bits per heavy atom. The maximum absolute atomic E-state index is 5.68. The van der Waals surface area contributed by atoms with Gasteiger partial charge in [-0.2, -0.15) is 0 Å². The van der Waals surface area contributed by atoms with Crippen LogP contribution in [-0.2, 0) is 6.54 Å². The molecule has 0 amide bonds. The van der Waals surface area contributed by atoms with Crippen LogP contribution in [0.2, 0.25) is 0 Å². The molecule has 0 radical (unpaired) electrons. The van der Waals surface area contributed by atoms with Crippen molar-refractivity contribution in [3.05, 3.63) is 71.2 Å². The van der Waals surface area contributed by atoms with Crippen LogP contribution in [0.3, 0.4) is 0 Å². The van der Waals surface area contributed by atoms with Gasteiger partial charge in [0, 0.05) is 56.4 Å². The van der Waals surface area contributed by atoms with Gasteiger partial charge < -0.3 is 4.57 Å². The Labute approximate surface area is 206 Å². The lowest BCUT2D eigenvalue weighted by Crippen LogP contribution is -2.35. The van der Waals surface area contributed by atoms with Gasteiger partial charge in [-0.1, -0.05) is 54.9 Å². The predicted molar refractivity (Wildman–Crippen MR) is 148 cm³/mol. The van der Waals surface area contributed by atoms with Crippen molar-refractivity contribution in [1.82, 2.24) is 9.24 Å². The van der Waals surface area contributed by atoms with Crippen LogP contribution in [0, 0.1) is 0 Å². The van der Waals surface area contributed by atoms with Gasteiger partial charge in [0.1, 0.15) is 0 Å². The fraction of sp³-hybridized carbons (Fsp3) is 0.357. The number of fused-ring (bicyclic) bond motifs is 3. The average Bonchev–Trinajstić information content (AvgIpc) is 3.44. The summed E-state index contributed by atoms with van der Waals surface area (Å²) in [5, 5.41) is 4.10. The van der Waals surface area contributed by atoms with E-state index in [9.17, 15) is 0 Å². The first-order chi connectivity index (χ1) is 15.8. The summed E-state index contributed by atoms with van der Waals surface area (Å²) in [5.74, 6) is 0. The second-order valence-electron chi connectivity index (χ2n) is 9.97. The predicted octanol–water partition coefficient (Wildman–Crippen LogP) is 8.54. The van der Waals surface area contributed by atoms with E-state index in [-0.39, 0.29) is 5.16 Å². The highest BCUT2D eigenvalue weighted by atomic mass is 79.9. The second-order valence-corrected chi connectivity index (χ2v) is 14.7. The van der Waals surface area contributed by atoms with E-state index in [1.807, 2.05) is 0 Å². The Bertz CT molecular complexity index is 1360. The smallest absolute Gasteiger partial charge is 0.0720 e. The van der Waals surface area contributed by atoms with E-state index in [0.29, 0.717) is 0 Å². The van der Waals surface area contributed by atoms with Crippen molar-refractivity contribution in [1.29, 1.82) is 0 Å². The molecule has 3 aromatic carbocycles. The van der Waals surface area contributed by atoms with Crippen LogP contribution >= 0.6 is 23.1 Å². The van der Waals surface area contributed by atoms with Crippen molar-refractivity contribution in [2.24, 2.45) is 4.74 Å². The summed E-state index contributed by atoms with van der Waals surface area (Å²) in [6.45, 7) is 12.6. The summed E-state index contributed by atoms with van der Waals surface area (Å²) in [6.07, 6.45) is 2.51. The molecule has 5 rings (SSSR count). The number of aryl methyl sites for hydroxylation is 1. The van der Waals surface area contributed by atoms with Crippen molar-refractivity contribution >= 4 is 55.9 Å². The van der Waals surface area contributed by atoms with Crippen molar-refractivity contribution in [3.63, 3.8) is 0 Å². The Morgan fingerprint density at radius 3 is 2.21 bits per heavy atom. The standard InChI is InChI=1S/C28H33BrN3P/c1-5-32-26-11-7-6-10-24(26)25-20-23(16-17-27(25)32)33(28(2,3)4,31-18-8-9-19-31)30-22-14-12-21(29)13-15-22/h6-7,10-17,20H,5,8-9,18-19H2,1-4H3/t33-/m0/s1. The van der Waals surface area contributed by atoms with Crippen molar-refractivity contribution < 1.29 is 0 Å². The van der Waals surface area contributed by atoms with Crippen LogP contribution in [0.25, 0.3) is 21.8 Å². The summed E-state index contributed by atoms with van der Waals surface area (Å²) in [6, 6.07) is 24.6. The largest absolute Gasteiger partial charge is 0.341 e. The molecule has 1 atom stereocenters. The molecule has 0 unspecified atom stereocenters. The van der Waals surface area contributed by atoms with Gasteiger partial charge in [-0.3, -0.25) is 4.67 Å². The molecule has 3 nitrogen and oxygen atoms in total. The highest BCUT2D eigenvalue weighted by molar-refractivity contribution is 9.10. The minimum Gasteiger partial charge on any atom is -0.341 e. The van der Waals surface area contributed by atoms with Crippen molar-refractivity contribution in [2.75, 3.05) is 13.1 Å². The molecule has 172 valence electrons. The van der Waals surface area contributed by atoms with Gasteiger partial charge in [0.2, 0.25) is 0 Å². The topological polar surface area (TPSA) is 20.5 Å². The zero-order chi connectivity index (χ0) is 23.2. The van der Waals surface area contributed by atoms with Crippen LogP contribution < -0.4 is 5.30 Å². The third-order valence-corrected chi connectivity index (χ3v) is 12.1. The minimum atomic E-state index is -2.06. The number of nitrogens with zero attached hydrogens (tertiary/aromatic N) is 3. The van der Waals surface area contributed by atoms with Gasteiger partial charge in [-0.05, 0) is 68.3 Å². The van der Waals surface area contributed by atoms with E-state index in [0.717, 1.165) is 29.8 Å². The molecule has 1 saturated heterocycles. The third kappa shape index (κ3) is 3.81. The molecule has 4 aromatic rings. The third-order valence-electron chi connectivity index (χ3n) is 6.95. The molecule has 0 aliphatic carbocycles. The molecular weight excluding hydrogens is 489 g/mol. The van der Waals surface area contributed by atoms with Gasteiger partial charge in [0.15, 0.2) is 0 Å². The maximum Gasteiger partial charge on any atom is 0.0720 e. The van der Waals surface area contributed by atoms with Crippen molar-refractivity contribution in [2.45, 2.75) is 52.2 Å². The molecule has 1 aliphatic rings. The number of hydrogen-bond donors (Lipinski definition) is 0. The summed E-state index contributed by atoms with van der Waals surface area (Å²) in [5.41, 5.74) is 3.71. The normalized spacial score (nSPS) is 17.0. The fourth-order valence-electron chi connectivity index (χ4n) is 5.49. The lowest BCUT2D eigenvalue weighted by molar-refractivity contribution is 0.538. The Hall–Kier alpha value is -1.87. The molecule has 5 heteroatoms. The summed E-state index contributed by atoms with van der Waals surface area (Å²) in [7, 11) is -2.06. The number of benzene rings is 3. The summed E-state index contributed by atoms with van der Waals surface area (Å²) >= 11 is 3.59. The van der Waals surface area contributed by atoms with Crippen molar-refractivity contribution in [3.8, 4) is 0 Å². The van der Waals surface area contributed by atoms with E-state index in [1.54, 1.807) is 0 Å². The van der Waals surface area contributed by atoms with E-state index in [1.165, 1.54) is 40.0 Å². The molecular formula is C28H33BrN3P. The Morgan fingerprint density at radius 1 is 0.879 bits per heavy atom. The summed E-state index contributed by atoms with van der Waals surface area (Å²) < 4.78 is 11.9. The number of halogens is 1. The van der Waals surface area contributed by atoms with Crippen LogP contribution in [0.15, 0.2) is 75.9 Å². The molecule has 0 N–H and O–H groups in total. The molecule has 33 heavy (non-hydrogen) atoms. The van der Waals surface area contributed by atoms with Crippen LogP contribution in [0.4, 0.5) is 5.69 Å². The Kier molecular flexibility index (Phi) is 6.05. The lowest BCUT2D eigenvalue weighted by Gasteiger charge is -2.44. The molecule has 0 spiro atoms. The number of rotatable bonds is 4. The van der Waals surface area contributed by atoms with Crippen LogP contribution in [0.5, 0.6) is 0 Å².